The van der Waals surface area contributed by atoms with Gasteiger partial charge in [0.2, 0.25) is 0 Å². The predicted molar refractivity (Wildman–Crippen MR) is 150 cm³/mol. The molecule has 0 saturated carbocycles. The van der Waals surface area contributed by atoms with Gasteiger partial charge >= 0.3 is 0 Å². The monoisotopic (exact) mass is 527 g/mol. The number of aliphatic hydroxyl groups excluding tert-OH is 1. The van der Waals surface area contributed by atoms with Gasteiger partial charge in [-0.05, 0) is 60.9 Å². The molecule has 1 aliphatic heterocycles. The summed E-state index contributed by atoms with van der Waals surface area (Å²) in [7, 11) is 1.59. The highest BCUT2D eigenvalue weighted by Gasteiger charge is 2.45. The molecule has 3 aromatic carbocycles. The number of carbonyl (C=O) groups is 2. The fraction of sp³-hybridized carbons (Fsp3) is 0.250. The maximum atomic E-state index is 13.2. The van der Waals surface area contributed by atoms with Crippen molar-refractivity contribution >= 4 is 17.4 Å². The number of nitrogens with zero attached hydrogens (tertiary/aromatic N) is 1. The van der Waals surface area contributed by atoms with E-state index in [0.717, 1.165) is 11.1 Å². The number of likely N-dealkylation sites (tertiary alicyclic amines) is 1. The molecular formula is C32H33NO6. The lowest BCUT2D eigenvalue weighted by molar-refractivity contribution is -0.140. The number of ether oxygens (including phenoxy) is 3. The van der Waals surface area contributed by atoms with E-state index in [2.05, 4.69) is 12.6 Å². The number of Topliss-reactive ketones (excluding diaryl/α,β-unsaturated/α-hetero) is 1. The molecular weight excluding hydrogens is 494 g/mol. The van der Waals surface area contributed by atoms with Crippen LogP contribution in [0.3, 0.4) is 0 Å². The van der Waals surface area contributed by atoms with Crippen molar-refractivity contribution in [2.24, 2.45) is 0 Å². The van der Waals surface area contributed by atoms with E-state index in [1.165, 1.54) is 4.90 Å². The molecule has 0 bridgehead atoms. The van der Waals surface area contributed by atoms with Gasteiger partial charge in [0.15, 0.2) is 0 Å². The van der Waals surface area contributed by atoms with Gasteiger partial charge in [0, 0.05) is 25.8 Å². The molecule has 0 aliphatic carbocycles. The summed E-state index contributed by atoms with van der Waals surface area (Å²) in [6.07, 6.45) is 2.20. The van der Waals surface area contributed by atoms with E-state index < -0.39 is 17.7 Å². The van der Waals surface area contributed by atoms with Crippen LogP contribution in [0, 0.1) is 6.92 Å². The minimum atomic E-state index is -0.743. The highest BCUT2D eigenvalue weighted by atomic mass is 16.5. The Hall–Kier alpha value is -4.36. The molecule has 1 saturated heterocycles. The Morgan fingerprint density at radius 2 is 1.69 bits per heavy atom. The van der Waals surface area contributed by atoms with Gasteiger partial charge < -0.3 is 24.2 Å². The number of methoxy groups -OCH3 is 1. The van der Waals surface area contributed by atoms with Crippen LogP contribution >= 0.6 is 0 Å². The predicted octanol–water partition coefficient (Wildman–Crippen LogP) is 5.60. The summed E-state index contributed by atoms with van der Waals surface area (Å²) in [4.78, 5) is 27.8. The van der Waals surface area contributed by atoms with Gasteiger partial charge in [-0.25, -0.2) is 0 Å². The van der Waals surface area contributed by atoms with Crippen molar-refractivity contribution in [2.75, 3.05) is 26.9 Å². The first-order valence-corrected chi connectivity index (χ1v) is 12.8. The largest absolute Gasteiger partial charge is 0.507 e. The molecule has 7 nitrogen and oxygen atoms in total. The van der Waals surface area contributed by atoms with E-state index in [1.807, 2.05) is 25.1 Å². The van der Waals surface area contributed by atoms with Crippen LogP contribution in [0.15, 0.2) is 91.0 Å². The lowest BCUT2D eigenvalue weighted by Gasteiger charge is -2.25. The molecule has 1 aliphatic rings. The molecule has 7 heteroatoms. The first-order chi connectivity index (χ1) is 18.9. The van der Waals surface area contributed by atoms with Gasteiger partial charge in [0.1, 0.15) is 30.5 Å². The van der Waals surface area contributed by atoms with Crippen LogP contribution in [0.2, 0.25) is 0 Å². The zero-order chi connectivity index (χ0) is 27.8. The number of hydrogen-bond donors (Lipinski definition) is 1. The zero-order valence-electron chi connectivity index (χ0n) is 22.3. The summed E-state index contributed by atoms with van der Waals surface area (Å²) in [5.74, 6) is -0.342. The van der Waals surface area contributed by atoms with Crippen LogP contribution in [0.4, 0.5) is 0 Å². The maximum absolute atomic E-state index is 13.2. The summed E-state index contributed by atoms with van der Waals surface area (Å²) in [6, 6.07) is 21.3. The maximum Gasteiger partial charge on any atom is 0.295 e. The second-order valence-corrected chi connectivity index (χ2v) is 9.31. The Morgan fingerprint density at radius 3 is 2.36 bits per heavy atom. The first kappa shape index (κ1) is 27.7. The normalized spacial score (nSPS) is 16.4. The quantitative estimate of drug-likeness (QED) is 0.109. The van der Waals surface area contributed by atoms with E-state index in [1.54, 1.807) is 61.7 Å². The molecule has 1 unspecified atom stereocenters. The van der Waals surface area contributed by atoms with Gasteiger partial charge in [0.05, 0.1) is 11.6 Å². The third-order valence-electron chi connectivity index (χ3n) is 6.47. The van der Waals surface area contributed by atoms with Crippen LogP contribution < -0.4 is 9.47 Å². The summed E-state index contributed by atoms with van der Waals surface area (Å²) < 4.78 is 16.6. The Labute approximate surface area is 228 Å². The van der Waals surface area contributed by atoms with E-state index in [0.29, 0.717) is 55.4 Å². The molecule has 3 aromatic rings. The molecule has 39 heavy (non-hydrogen) atoms. The lowest BCUT2D eigenvalue weighted by atomic mass is 9.95. The number of amides is 1. The molecule has 1 atom stereocenters. The average Bonchev–Trinajstić information content (AvgIpc) is 3.20. The summed E-state index contributed by atoms with van der Waals surface area (Å²) >= 11 is 0. The molecule has 1 amide bonds. The second kappa shape index (κ2) is 12.9. The zero-order valence-corrected chi connectivity index (χ0v) is 22.3. The topological polar surface area (TPSA) is 85.3 Å². The molecule has 1 heterocycles. The van der Waals surface area contributed by atoms with Gasteiger partial charge in [-0.3, -0.25) is 9.59 Å². The molecule has 0 radical (unpaired) electrons. The molecule has 1 N–H and O–H groups in total. The lowest BCUT2D eigenvalue weighted by Crippen LogP contribution is -2.31. The summed E-state index contributed by atoms with van der Waals surface area (Å²) in [6.45, 7) is 7.19. The van der Waals surface area contributed by atoms with Gasteiger partial charge in [0.25, 0.3) is 11.7 Å². The van der Waals surface area contributed by atoms with Gasteiger partial charge in [-0.15, -0.1) is 0 Å². The minimum Gasteiger partial charge on any atom is -0.507 e. The Bertz CT molecular complexity index is 1340. The fourth-order valence-electron chi connectivity index (χ4n) is 4.57. The van der Waals surface area contributed by atoms with Crippen LogP contribution in [-0.4, -0.2) is 48.6 Å². The number of hydrogen-bond acceptors (Lipinski definition) is 6. The van der Waals surface area contributed by atoms with Gasteiger partial charge in [-0.2, -0.15) is 0 Å². The average molecular weight is 528 g/mol. The Morgan fingerprint density at radius 1 is 1.00 bits per heavy atom. The molecule has 4 rings (SSSR count). The van der Waals surface area contributed by atoms with Crippen molar-refractivity contribution in [3.8, 4) is 11.5 Å². The number of ketones is 1. The van der Waals surface area contributed by atoms with Crippen LogP contribution in [0.1, 0.15) is 34.7 Å². The number of carbonyl (C=O) groups excluding carboxylic acids is 2. The Kier molecular flexibility index (Phi) is 9.18. The second-order valence-electron chi connectivity index (χ2n) is 9.31. The third kappa shape index (κ3) is 6.56. The van der Waals surface area contributed by atoms with Crippen molar-refractivity contribution < 1.29 is 28.9 Å². The fourth-order valence-corrected chi connectivity index (χ4v) is 4.57. The molecule has 0 aromatic heterocycles. The Balaban J connectivity index is 1.62. The van der Waals surface area contributed by atoms with Crippen LogP contribution in [0.25, 0.3) is 5.76 Å². The smallest absolute Gasteiger partial charge is 0.295 e. The van der Waals surface area contributed by atoms with Crippen LogP contribution in [0.5, 0.6) is 11.5 Å². The van der Waals surface area contributed by atoms with E-state index in [-0.39, 0.29) is 11.3 Å². The third-order valence-corrected chi connectivity index (χ3v) is 6.47. The van der Waals surface area contributed by atoms with Crippen molar-refractivity contribution in [3.05, 3.63) is 113 Å². The number of aliphatic hydroxyl groups is 1. The number of benzene rings is 3. The van der Waals surface area contributed by atoms with Crippen LogP contribution in [-0.2, 0) is 20.9 Å². The van der Waals surface area contributed by atoms with Crippen molar-refractivity contribution in [3.63, 3.8) is 0 Å². The minimum absolute atomic E-state index is 0.0469. The SMILES string of the molecule is C=CCOc1ccc(C2/C(=C(\O)c3ccc(OCc4cccc(C)c4)cc3)C(=O)C(=O)N2CCCOC)cc1. The molecule has 202 valence electrons. The van der Waals surface area contributed by atoms with Gasteiger partial charge in [-0.1, -0.05) is 54.6 Å². The number of rotatable bonds is 12. The van der Waals surface area contributed by atoms with E-state index >= 15 is 0 Å². The standard InChI is InChI=1S/C32H33NO6/c1-4-18-38-26-13-9-24(10-14-26)29-28(31(35)32(36)33(29)17-6-19-37-3)30(34)25-11-15-27(16-12-25)39-21-23-8-5-7-22(2)20-23/h4-5,7-16,20,29,34H,1,6,17-19,21H2,2-3H3/b30-28+. The summed E-state index contributed by atoms with van der Waals surface area (Å²) in [5.41, 5.74) is 3.37. The highest BCUT2D eigenvalue weighted by Crippen LogP contribution is 2.40. The molecule has 1 fully saturated rings. The first-order valence-electron chi connectivity index (χ1n) is 12.8. The highest BCUT2D eigenvalue weighted by molar-refractivity contribution is 6.46. The molecule has 0 spiro atoms. The van der Waals surface area contributed by atoms with E-state index in [4.69, 9.17) is 14.2 Å². The van der Waals surface area contributed by atoms with Crippen molar-refractivity contribution in [2.45, 2.75) is 26.0 Å². The van der Waals surface area contributed by atoms with Crippen molar-refractivity contribution in [1.29, 1.82) is 0 Å². The van der Waals surface area contributed by atoms with Crippen molar-refractivity contribution in [1.82, 2.24) is 4.90 Å². The van der Waals surface area contributed by atoms with E-state index in [9.17, 15) is 14.7 Å². The summed E-state index contributed by atoms with van der Waals surface area (Å²) in [5, 5.41) is 11.3. The number of aryl methyl sites for hydroxylation is 1.